The highest BCUT2D eigenvalue weighted by Gasteiger charge is 2.28. The van der Waals surface area contributed by atoms with Gasteiger partial charge in [-0.05, 0) is 62.6 Å². The molecule has 3 aromatic rings. The van der Waals surface area contributed by atoms with Crippen LogP contribution in [0.1, 0.15) is 36.9 Å². The van der Waals surface area contributed by atoms with Crippen molar-refractivity contribution in [1.82, 2.24) is 19.9 Å². The number of piperidine rings is 1. The van der Waals surface area contributed by atoms with E-state index in [1.54, 1.807) is 17.3 Å². The minimum Gasteiger partial charge on any atom is -0.450 e. The number of ether oxygens (including phenoxy) is 2. The molecule has 32 heavy (non-hydrogen) atoms. The minimum atomic E-state index is -0.254. The number of hydrogen-bond donors (Lipinski definition) is 1. The topological polar surface area (TPSA) is 89.5 Å². The maximum Gasteiger partial charge on any atom is 0.409 e. The van der Waals surface area contributed by atoms with Crippen molar-refractivity contribution in [3.8, 4) is 11.6 Å². The van der Waals surface area contributed by atoms with Gasteiger partial charge >= 0.3 is 6.09 Å². The number of amides is 1. The number of likely N-dealkylation sites (tertiary alicyclic amines) is 1. The lowest BCUT2D eigenvalue weighted by Crippen LogP contribution is -2.38. The Morgan fingerprint density at radius 3 is 2.50 bits per heavy atom. The molecular formula is C24H27N5O3. The Balaban J connectivity index is 1.40. The number of nitrogens with one attached hydrogen (secondary N) is 1. The lowest BCUT2D eigenvalue weighted by molar-refractivity contribution is 0.0967. The molecule has 166 valence electrons. The van der Waals surface area contributed by atoms with E-state index in [-0.39, 0.29) is 12.0 Å². The molecule has 1 aliphatic heterocycles. The molecule has 0 radical (unpaired) electrons. The van der Waals surface area contributed by atoms with Gasteiger partial charge < -0.3 is 19.7 Å². The van der Waals surface area contributed by atoms with Crippen LogP contribution in [0, 0.1) is 6.92 Å². The summed E-state index contributed by atoms with van der Waals surface area (Å²) in [6.45, 7) is 5.47. The van der Waals surface area contributed by atoms with Gasteiger partial charge in [-0.3, -0.25) is 4.98 Å². The second-order valence-corrected chi connectivity index (χ2v) is 7.68. The molecule has 3 heterocycles. The summed E-state index contributed by atoms with van der Waals surface area (Å²) in [5, 5.41) is 3.27. The molecule has 2 aromatic heterocycles. The minimum absolute atomic E-state index is 0.179. The maximum atomic E-state index is 11.9. The number of carbonyl (C=O) groups excluding carboxylic acids is 1. The third-order valence-corrected chi connectivity index (χ3v) is 5.35. The molecule has 1 amide bonds. The van der Waals surface area contributed by atoms with Crippen LogP contribution in [0.25, 0.3) is 0 Å². The fraction of sp³-hybridized carbons (Fsp3) is 0.333. The van der Waals surface area contributed by atoms with Crippen molar-refractivity contribution in [1.29, 1.82) is 0 Å². The molecule has 0 atom stereocenters. The van der Waals surface area contributed by atoms with E-state index in [2.05, 4.69) is 20.3 Å². The van der Waals surface area contributed by atoms with Crippen LogP contribution in [0.2, 0.25) is 0 Å². The van der Waals surface area contributed by atoms with Crippen molar-refractivity contribution in [2.75, 3.05) is 25.0 Å². The van der Waals surface area contributed by atoms with Gasteiger partial charge in [-0.1, -0.05) is 6.07 Å². The molecule has 0 saturated carbocycles. The van der Waals surface area contributed by atoms with Crippen LogP contribution in [0.15, 0.2) is 55.0 Å². The summed E-state index contributed by atoms with van der Waals surface area (Å²) in [5.74, 6) is 2.15. The summed E-state index contributed by atoms with van der Waals surface area (Å²) in [6, 6.07) is 11.6. The second kappa shape index (κ2) is 10.1. The normalized spacial score (nSPS) is 14.1. The van der Waals surface area contributed by atoms with E-state index in [1.165, 1.54) is 0 Å². The van der Waals surface area contributed by atoms with Crippen LogP contribution in [0.4, 0.5) is 16.3 Å². The van der Waals surface area contributed by atoms with Crippen molar-refractivity contribution in [3.63, 3.8) is 0 Å². The lowest BCUT2D eigenvalue weighted by atomic mass is 9.93. The Hall–Kier alpha value is -3.68. The number of rotatable bonds is 6. The van der Waals surface area contributed by atoms with Crippen LogP contribution in [0.3, 0.4) is 0 Å². The molecule has 0 unspecified atom stereocenters. The molecule has 0 aliphatic carbocycles. The zero-order valence-corrected chi connectivity index (χ0v) is 18.3. The second-order valence-electron chi connectivity index (χ2n) is 7.68. The summed E-state index contributed by atoms with van der Waals surface area (Å²) in [6.07, 6.45) is 6.47. The van der Waals surface area contributed by atoms with E-state index in [1.807, 2.05) is 56.4 Å². The summed E-state index contributed by atoms with van der Waals surface area (Å²) >= 11 is 0. The zero-order chi connectivity index (χ0) is 22.3. The van der Waals surface area contributed by atoms with Crippen LogP contribution >= 0.6 is 0 Å². The number of hydrogen-bond acceptors (Lipinski definition) is 7. The van der Waals surface area contributed by atoms with Gasteiger partial charge in [0.2, 0.25) is 5.88 Å². The smallest absolute Gasteiger partial charge is 0.409 e. The van der Waals surface area contributed by atoms with E-state index >= 15 is 0 Å². The molecule has 1 fully saturated rings. The van der Waals surface area contributed by atoms with Crippen molar-refractivity contribution in [2.24, 2.45) is 0 Å². The van der Waals surface area contributed by atoms with E-state index in [0.717, 1.165) is 35.6 Å². The Kier molecular flexibility index (Phi) is 6.79. The largest absolute Gasteiger partial charge is 0.450 e. The first-order chi connectivity index (χ1) is 15.6. The number of nitrogens with zero attached hydrogens (tertiary/aromatic N) is 4. The van der Waals surface area contributed by atoms with Crippen LogP contribution in [-0.2, 0) is 4.74 Å². The SMILES string of the molecule is CCOC(=O)N1CCC(c2nccnc2Oc2ccc(Nc3ccc(C)cn3)cc2)CC1. The fourth-order valence-electron chi connectivity index (χ4n) is 3.65. The van der Waals surface area contributed by atoms with E-state index in [9.17, 15) is 4.79 Å². The van der Waals surface area contributed by atoms with E-state index in [4.69, 9.17) is 9.47 Å². The molecular weight excluding hydrogens is 406 g/mol. The van der Waals surface area contributed by atoms with Crippen LogP contribution in [-0.4, -0.2) is 45.6 Å². The third-order valence-electron chi connectivity index (χ3n) is 5.35. The Bertz CT molecular complexity index is 1030. The summed E-state index contributed by atoms with van der Waals surface area (Å²) in [4.78, 5) is 27.0. The molecule has 1 saturated heterocycles. The molecule has 1 aliphatic rings. The number of benzene rings is 1. The number of aromatic nitrogens is 3. The van der Waals surface area contributed by atoms with Crippen LogP contribution in [0.5, 0.6) is 11.6 Å². The molecule has 1 aromatic carbocycles. The highest BCUT2D eigenvalue weighted by molar-refractivity contribution is 5.67. The molecule has 1 N–H and O–H groups in total. The third kappa shape index (κ3) is 5.32. The van der Waals surface area contributed by atoms with Gasteiger partial charge in [-0.15, -0.1) is 0 Å². The summed E-state index contributed by atoms with van der Waals surface area (Å²) in [7, 11) is 0. The van der Waals surface area contributed by atoms with E-state index < -0.39 is 0 Å². The van der Waals surface area contributed by atoms with Gasteiger partial charge in [0.25, 0.3) is 0 Å². The standard InChI is InChI=1S/C24H27N5O3/c1-3-31-24(30)29-14-10-18(11-15-29)22-23(26-13-12-25-22)32-20-7-5-19(6-8-20)28-21-9-4-17(2)16-27-21/h4-9,12-13,16,18H,3,10-11,14-15H2,1-2H3,(H,27,28). The molecule has 0 spiro atoms. The van der Waals surface area contributed by atoms with Gasteiger partial charge in [-0.2, -0.15) is 0 Å². The monoisotopic (exact) mass is 433 g/mol. The first-order valence-corrected chi connectivity index (χ1v) is 10.8. The van der Waals surface area contributed by atoms with Gasteiger partial charge in [-0.25, -0.2) is 14.8 Å². The van der Waals surface area contributed by atoms with Crippen molar-refractivity contribution >= 4 is 17.6 Å². The van der Waals surface area contributed by atoms with Gasteiger partial charge in [0, 0.05) is 43.3 Å². The fourth-order valence-corrected chi connectivity index (χ4v) is 3.65. The number of pyridine rings is 1. The average molecular weight is 434 g/mol. The first kappa shape index (κ1) is 21.5. The number of carbonyl (C=O) groups is 1. The van der Waals surface area contributed by atoms with Gasteiger partial charge in [0.15, 0.2) is 0 Å². The predicted octanol–water partition coefficient (Wildman–Crippen LogP) is 5.05. The number of anilines is 2. The molecule has 8 nitrogen and oxygen atoms in total. The number of aryl methyl sites for hydroxylation is 1. The van der Waals surface area contributed by atoms with Gasteiger partial charge in [0.05, 0.1) is 6.61 Å². The van der Waals surface area contributed by atoms with E-state index in [0.29, 0.717) is 31.3 Å². The Labute approximate surface area is 187 Å². The highest BCUT2D eigenvalue weighted by atomic mass is 16.6. The lowest BCUT2D eigenvalue weighted by Gasteiger charge is -2.31. The Morgan fingerprint density at radius 2 is 1.81 bits per heavy atom. The van der Waals surface area contributed by atoms with Crippen molar-refractivity contribution in [3.05, 3.63) is 66.2 Å². The molecule has 8 heteroatoms. The maximum absolute atomic E-state index is 11.9. The summed E-state index contributed by atoms with van der Waals surface area (Å²) in [5.41, 5.74) is 2.85. The van der Waals surface area contributed by atoms with Crippen LogP contribution < -0.4 is 10.1 Å². The predicted molar refractivity (Wildman–Crippen MR) is 121 cm³/mol. The molecule has 4 rings (SSSR count). The Morgan fingerprint density at radius 1 is 1.06 bits per heavy atom. The van der Waals surface area contributed by atoms with Gasteiger partial charge in [0.1, 0.15) is 17.3 Å². The quantitative estimate of drug-likeness (QED) is 0.582. The van der Waals surface area contributed by atoms with Crippen molar-refractivity contribution in [2.45, 2.75) is 32.6 Å². The molecule has 0 bridgehead atoms. The highest BCUT2D eigenvalue weighted by Crippen LogP contribution is 2.34. The average Bonchev–Trinajstić information content (AvgIpc) is 2.82. The summed E-state index contributed by atoms with van der Waals surface area (Å²) < 4.78 is 11.2. The zero-order valence-electron chi connectivity index (χ0n) is 18.3. The first-order valence-electron chi connectivity index (χ1n) is 10.8. The van der Waals surface area contributed by atoms with Crippen molar-refractivity contribution < 1.29 is 14.3 Å².